The topological polar surface area (TPSA) is 61.8 Å². The fourth-order valence-corrected chi connectivity index (χ4v) is 2.27. The van der Waals surface area contributed by atoms with Gasteiger partial charge in [0, 0.05) is 25.7 Å². The van der Waals surface area contributed by atoms with Crippen molar-refractivity contribution in [3.63, 3.8) is 0 Å². The van der Waals surface area contributed by atoms with E-state index in [1.807, 2.05) is 0 Å². The molecule has 2 N–H and O–H groups in total. The van der Waals surface area contributed by atoms with Gasteiger partial charge in [0.15, 0.2) is 0 Å². The first-order chi connectivity index (χ1) is 6.70. The lowest BCUT2D eigenvalue weighted by Gasteiger charge is -2.34. The maximum atomic E-state index is 11.3. The SMILES string of the molecule is COC(=O)[C@@H]1CN2C[C@H](O)C[C@@H]2CN1. The van der Waals surface area contributed by atoms with Gasteiger partial charge in [0.05, 0.1) is 13.2 Å². The summed E-state index contributed by atoms with van der Waals surface area (Å²) < 4.78 is 4.67. The fourth-order valence-electron chi connectivity index (χ4n) is 2.27. The number of aliphatic hydroxyl groups is 1. The molecule has 0 bridgehead atoms. The number of hydrogen-bond acceptors (Lipinski definition) is 5. The molecule has 2 aliphatic heterocycles. The minimum atomic E-state index is -0.238. The standard InChI is InChI=1S/C9H16N2O3/c1-14-9(13)8-5-11-4-7(12)2-6(11)3-10-8/h6-8,10,12H,2-5H2,1H3/t6-,7-,8+/m1/s1. The quantitative estimate of drug-likeness (QED) is 0.508. The van der Waals surface area contributed by atoms with E-state index in [1.54, 1.807) is 0 Å². The lowest BCUT2D eigenvalue weighted by molar-refractivity contribution is -0.144. The van der Waals surface area contributed by atoms with Gasteiger partial charge in [-0.1, -0.05) is 0 Å². The Morgan fingerprint density at radius 3 is 3.07 bits per heavy atom. The minimum Gasteiger partial charge on any atom is -0.468 e. The van der Waals surface area contributed by atoms with Crippen molar-refractivity contribution >= 4 is 5.97 Å². The Morgan fingerprint density at radius 2 is 2.36 bits per heavy atom. The third-order valence-electron chi connectivity index (χ3n) is 3.01. The van der Waals surface area contributed by atoms with Crippen LogP contribution in [0.2, 0.25) is 0 Å². The molecule has 5 nitrogen and oxygen atoms in total. The van der Waals surface area contributed by atoms with Crippen LogP contribution in [-0.4, -0.2) is 60.9 Å². The minimum absolute atomic E-state index is 0.218. The summed E-state index contributed by atoms with van der Waals surface area (Å²) in [5, 5.41) is 12.6. The first kappa shape index (κ1) is 9.89. The molecule has 0 amide bonds. The third-order valence-corrected chi connectivity index (χ3v) is 3.01. The van der Waals surface area contributed by atoms with Crippen LogP contribution < -0.4 is 5.32 Å². The van der Waals surface area contributed by atoms with Crippen LogP contribution in [0, 0.1) is 0 Å². The molecule has 14 heavy (non-hydrogen) atoms. The van der Waals surface area contributed by atoms with Crippen LogP contribution in [0.4, 0.5) is 0 Å². The van der Waals surface area contributed by atoms with E-state index in [2.05, 4.69) is 15.0 Å². The number of ether oxygens (including phenoxy) is 1. The number of nitrogens with zero attached hydrogens (tertiary/aromatic N) is 1. The molecule has 2 saturated heterocycles. The van der Waals surface area contributed by atoms with E-state index in [9.17, 15) is 9.90 Å². The fraction of sp³-hybridized carbons (Fsp3) is 0.889. The first-order valence-electron chi connectivity index (χ1n) is 4.94. The smallest absolute Gasteiger partial charge is 0.324 e. The second kappa shape index (κ2) is 3.84. The van der Waals surface area contributed by atoms with Gasteiger partial charge < -0.3 is 15.2 Å². The van der Waals surface area contributed by atoms with Crippen molar-refractivity contribution in [1.82, 2.24) is 10.2 Å². The molecule has 2 heterocycles. The van der Waals surface area contributed by atoms with E-state index < -0.39 is 0 Å². The van der Waals surface area contributed by atoms with Crippen molar-refractivity contribution in [3.8, 4) is 0 Å². The number of esters is 1. The second-order valence-electron chi connectivity index (χ2n) is 3.98. The van der Waals surface area contributed by atoms with Gasteiger partial charge in [-0.15, -0.1) is 0 Å². The molecular weight excluding hydrogens is 184 g/mol. The zero-order chi connectivity index (χ0) is 10.1. The number of carbonyl (C=O) groups is 1. The number of methoxy groups -OCH3 is 1. The summed E-state index contributed by atoms with van der Waals surface area (Å²) in [6.45, 7) is 2.09. The van der Waals surface area contributed by atoms with Crippen LogP contribution in [0.15, 0.2) is 0 Å². The summed E-state index contributed by atoms with van der Waals surface area (Å²) in [5.41, 5.74) is 0. The number of hydrogen-bond donors (Lipinski definition) is 2. The second-order valence-corrected chi connectivity index (χ2v) is 3.98. The highest BCUT2D eigenvalue weighted by Gasteiger charge is 2.38. The number of nitrogens with one attached hydrogen (secondary N) is 1. The molecule has 2 aliphatic rings. The highest BCUT2D eigenvalue weighted by Crippen LogP contribution is 2.20. The molecule has 0 aromatic carbocycles. The summed E-state index contributed by atoms with van der Waals surface area (Å²) in [4.78, 5) is 13.4. The van der Waals surface area contributed by atoms with E-state index in [1.165, 1.54) is 7.11 Å². The predicted octanol–water partition coefficient (Wildman–Crippen LogP) is -1.43. The average molecular weight is 200 g/mol. The summed E-state index contributed by atoms with van der Waals surface area (Å²) >= 11 is 0. The normalized spacial score (nSPS) is 38.0. The van der Waals surface area contributed by atoms with E-state index in [0.717, 1.165) is 13.0 Å². The van der Waals surface area contributed by atoms with E-state index in [-0.39, 0.29) is 18.1 Å². The number of aliphatic hydroxyl groups excluding tert-OH is 1. The molecule has 5 heteroatoms. The van der Waals surface area contributed by atoms with Crippen LogP contribution in [0.1, 0.15) is 6.42 Å². The Bertz CT molecular complexity index is 234. The van der Waals surface area contributed by atoms with Gasteiger partial charge in [0.1, 0.15) is 6.04 Å². The summed E-state index contributed by atoms with van der Waals surface area (Å²) in [6.07, 6.45) is 0.569. The van der Waals surface area contributed by atoms with Gasteiger partial charge in [0.25, 0.3) is 0 Å². The summed E-state index contributed by atoms with van der Waals surface area (Å²) in [7, 11) is 1.40. The van der Waals surface area contributed by atoms with Crippen molar-refractivity contribution in [3.05, 3.63) is 0 Å². The van der Waals surface area contributed by atoms with Crippen molar-refractivity contribution < 1.29 is 14.6 Å². The monoisotopic (exact) mass is 200 g/mol. The van der Waals surface area contributed by atoms with Crippen LogP contribution in [0.3, 0.4) is 0 Å². The molecule has 0 unspecified atom stereocenters. The van der Waals surface area contributed by atoms with Gasteiger partial charge in [0.2, 0.25) is 0 Å². The van der Waals surface area contributed by atoms with Crippen LogP contribution >= 0.6 is 0 Å². The maximum Gasteiger partial charge on any atom is 0.324 e. The van der Waals surface area contributed by atoms with Crippen molar-refractivity contribution in [2.75, 3.05) is 26.7 Å². The molecule has 80 valence electrons. The van der Waals surface area contributed by atoms with Crippen LogP contribution in [0.5, 0.6) is 0 Å². The van der Waals surface area contributed by atoms with Crippen LogP contribution in [-0.2, 0) is 9.53 Å². The number of fused-ring (bicyclic) bond motifs is 1. The van der Waals surface area contributed by atoms with Crippen molar-refractivity contribution in [2.45, 2.75) is 24.6 Å². The molecule has 2 rings (SSSR count). The predicted molar refractivity (Wildman–Crippen MR) is 49.8 cm³/mol. The van der Waals surface area contributed by atoms with Crippen molar-refractivity contribution in [1.29, 1.82) is 0 Å². The summed E-state index contributed by atoms with van der Waals surface area (Å²) in [6, 6.07) is 0.146. The lowest BCUT2D eigenvalue weighted by atomic mass is 10.1. The van der Waals surface area contributed by atoms with Crippen LogP contribution in [0.25, 0.3) is 0 Å². The molecule has 0 aliphatic carbocycles. The highest BCUT2D eigenvalue weighted by atomic mass is 16.5. The number of piperazine rings is 1. The van der Waals surface area contributed by atoms with Gasteiger partial charge in [-0.3, -0.25) is 9.69 Å². The highest BCUT2D eigenvalue weighted by molar-refractivity contribution is 5.76. The zero-order valence-corrected chi connectivity index (χ0v) is 8.27. The number of rotatable bonds is 1. The molecule has 0 aromatic rings. The molecule has 2 fully saturated rings. The molecule has 3 atom stereocenters. The molecule has 0 radical (unpaired) electrons. The Balaban J connectivity index is 1.94. The van der Waals surface area contributed by atoms with E-state index >= 15 is 0 Å². The molecular formula is C9H16N2O3. The zero-order valence-electron chi connectivity index (χ0n) is 8.27. The Kier molecular flexibility index (Phi) is 2.71. The maximum absolute atomic E-state index is 11.3. The molecule has 0 spiro atoms. The first-order valence-corrected chi connectivity index (χ1v) is 4.94. The third kappa shape index (κ3) is 1.75. The molecule has 0 aromatic heterocycles. The largest absolute Gasteiger partial charge is 0.468 e. The van der Waals surface area contributed by atoms with Gasteiger partial charge in [-0.25, -0.2) is 0 Å². The van der Waals surface area contributed by atoms with Crippen molar-refractivity contribution in [2.24, 2.45) is 0 Å². The van der Waals surface area contributed by atoms with Gasteiger partial charge >= 0.3 is 5.97 Å². The van der Waals surface area contributed by atoms with E-state index in [0.29, 0.717) is 19.1 Å². The van der Waals surface area contributed by atoms with Gasteiger partial charge in [-0.2, -0.15) is 0 Å². The van der Waals surface area contributed by atoms with Gasteiger partial charge in [-0.05, 0) is 6.42 Å². The van der Waals surface area contributed by atoms with E-state index in [4.69, 9.17) is 0 Å². The Hall–Kier alpha value is -0.650. The summed E-state index contributed by atoms with van der Waals surface area (Å²) in [5.74, 6) is -0.218. The lowest BCUT2D eigenvalue weighted by Crippen LogP contribution is -2.57. The Morgan fingerprint density at radius 1 is 1.57 bits per heavy atom. The molecule has 0 saturated carbocycles. The number of carbonyl (C=O) groups excluding carboxylic acids is 1. The average Bonchev–Trinajstić information content (AvgIpc) is 2.55. The Labute approximate surface area is 83.0 Å².